The van der Waals surface area contributed by atoms with Gasteiger partial charge >= 0.3 is 5.97 Å². The van der Waals surface area contributed by atoms with E-state index in [1.807, 2.05) is 0 Å². The van der Waals surface area contributed by atoms with Crippen LogP contribution in [0.1, 0.15) is 19.8 Å². The lowest BCUT2D eigenvalue weighted by molar-refractivity contribution is -0.149. The number of aliphatic hydroxyl groups excluding tert-OH is 1. The molecule has 1 aliphatic rings. The van der Waals surface area contributed by atoms with E-state index in [2.05, 4.69) is 6.58 Å². The first-order valence-electron chi connectivity index (χ1n) is 4.79. The summed E-state index contributed by atoms with van der Waals surface area (Å²) in [7, 11) is 0. The van der Waals surface area contributed by atoms with E-state index < -0.39 is 6.10 Å². The van der Waals surface area contributed by atoms with E-state index in [0.29, 0.717) is 18.6 Å². The zero-order chi connectivity index (χ0) is 10.6. The number of rotatable bonds is 4. The minimum absolute atomic E-state index is 0.0652. The van der Waals surface area contributed by atoms with Crippen molar-refractivity contribution in [3.05, 3.63) is 12.2 Å². The van der Waals surface area contributed by atoms with Crippen LogP contribution in [0.25, 0.3) is 0 Å². The second kappa shape index (κ2) is 5.12. The first kappa shape index (κ1) is 11.2. The molecule has 0 heterocycles. The third-order valence-corrected chi connectivity index (χ3v) is 2.25. The van der Waals surface area contributed by atoms with Gasteiger partial charge in [-0.1, -0.05) is 6.58 Å². The van der Waals surface area contributed by atoms with Crippen LogP contribution < -0.4 is 0 Å². The summed E-state index contributed by atoms with van der Waals surface area (Å²) in [6.07, 6.45) is 0.697. The Morgan fingerprint density at radius 1 is 1.64 bits per heavy atom. The van der Waals surface area contributed by atoms with E-state index in [0.717, 1.165) is 6.42 Å². The van der Waals surface area contributed by atoms with Crippen molar-refractivity contribution in [1.82, 2.24) is 0 Å². The van der Waals surface area contributed by atoms with E-state index in [1.54, 1.807) is 6.92 Å². The molecule has 1 fully saturated rings. The Hall–Kier alpha value is -0.870. The molecule has 1 aliphatic carbocycles. The van der Waals surface area contributed by atoms with Gasteiger partial charge in [-0.3, -0.25) is 0 Å². The maximum Gasteiger partial charge on any atom is 0.332 e. The van der Waals surface area contributed by atoms with Gasteiger partial charge in [0.2, 0.25) is 0 Å². The molecule has 0 saturated heterocycles. The average molecular weight is 200 g/mol. The van der Waals surface area contributed by atoms with Crippen molar-refractivity contribution in [3.63, 3.8) is 0 Å². The zero-order valence-corrected chi connectivity index (χ0v) is 8.36. The number of esters is 1. The highest BCUT2D eigenvalue weighted by Crippen LogP contribution is 2.26. The van der Waals surface area contributed by atoms with Crippen molar-refractivity contribution in [2.24, 2.45) is 0 Å². The molecule has 2 unspecified atom stereocenters. The topological polar surface area (TPSA) is 55.8 Å². The lowest BCUT2D eigenvalue weighted by Crippen LogP contribution is -2.20. The van der Waals surface area contributed by atoms with Gasteiger partial charge in [-0.05, 0) is 25.3 Å². The van der Waals surface area contributed by atoms with Gasteiger partial charge in [0, 0.05) is 0 Å². The third-order valence-electron chi connectivity index (χ3n) is 2.25. The molecule has 0 bridgehead atoms. The molecule has 4 heteroatoms. The van der Waals surface area contributed by atoms with Crippen molar-refractivity contribution in [2.45, 2.75) is 32.0 Å². The van der Waals surface area contributed by atoms with Gasteiger partial charge in [-0.15, -0.1) is 0 Å². The highest BCUT2D eigenvalue weighted by molar-refractivity contribution is 5.70. The number of hydrogen-bond donors (Lipinski definition) is 1. The fourth-order valence-corrected chi connectivity index (χ4v) is 1.46. The highest BCUT2D eigenvalue weighted by atomic mass is 16.6. The summed E-state index contributed by atoms with van der Waals surface area (Å²) >= 11 is 0. The summed E-state index contributed by atoms with van der Waals surface area (Å²) in [4.78, 5) is 10.9. The number of ether oxygens (including phenoxy) is 2. The van der Waals surface area contributed by atoms with Crippen LogP contribution in [-0.2, 0) is 14.3 Å². The maximum atomic E-state index is 10.9. The second-order valence-electron chi connectivity index (χ2n) is 3.27. The van der Waals surface area contributed by atoms with Crippen LogP contribution in [-0.4, -0.2) is 36.5 Å². The van der Waals surface area contributed by atoms with Gasteiger partial charge in [0.25, 0.3) is 0 Å². The van der Waals surface area contributed by atoms with E-state index >= 15 is 0 Å². The molecular formula is C10H16O4. The van der Waals surface area contributed by atoms with Crippen molar-refractivity contribution < 1.29 is 19.4 Å². The predicted octanol–water partition coefficient (Wildman–Crippen LogP) is 0.646. The van der Waals surface area contributed by atoms with E-state index in [-0.39, 0.29) is 18.7 Å². The molecule has 0 aromatic rings. The largest absolute Gasteiger partial charge is 0.464 e. The van der Waals surface area contributed by atoms with Crippen LogP contribution in [0.4, 0.5) is 0 Å². The Bertz CT molecular complexity index is 224. The Morgan fingerprint density at radius 2 is 2.36 bits per heavy atom. The van der Waals surface area contributed by atoms with E-state index in [9.17, 15) is 9.90 Å². The SMILES string of the molecule is C=C1C(O)CCC1OCC(=O)OCC. The van der Waals surface area contributed by atoms with Gasteiger partial charge < -0.3 is 14.6 Å². The third kappa shape index (κ3) is 2.82. The second-order valence-corrected chi connectivity index (χ2v) is 3.27. The van der Waals surface area contributed by atoms with Gasteiger partial charge in [0.05, 0.1) is 18.8 Å². The monoisotopic (exact) mass is 200 g/mol. The van der Waals surface area contributed by atoms with Crippen LogP contribution >= 0.6 is 0 Å². The molecule has 0 aliphatic heterocycles. The van der Waals surface area contributed by atoms with Crippen molar-refractivity contribution in [1.29, 1.82) is 0 Å². The minimum Gasteiger partial charge on any atom is -0.464 e. The summed E-state index contributed by atoms with van der Waals surface area (Å²) in [5.41, 5.74) is 0.661. The smallest absolute Gasteiger partial charge is 0.332 e. The summed E-state index contributed by atoms with van der Waals surface area (Å²) < 4.78 is 9.97. The molecule has 0 spiro atoms. The van der Waals surface area contributed by atoms with E-state index in [4.69, 9.17) is 9.47 Å². The van der Waals surface area contributed by atoms with Crippen LogP contribution in [0.15, 0.2) is 12.2 Å². The molecule has 0 radical (unpaired) electrons. The molecule has 0 amide bonds. The van der Waals surface area contributed by atoms with Gasteiger partial charge in [0.1, 0.15) is 6.61 Å². The Balaban J connectivity index is 2.25. The highest BCUT2D eigenvalue weighted by Gasteiger charge is 2.28. The summed E-state index contributed by atoms with van der Waals surface area (Å²) in [6, 6.07) is 0. The molecule has 80 valence electrons. The molecular weight excluding hydrogens is 184 g/mol. The fraction of sp³-hybridized carbons (Fsp3) is 0.700. The normalized spacial score (nSPS) is 26.6. The van der Waals surface area contributed by atoms with Gasteiger partial charge in [0.15, 0.2) is 0 Å². The van der Waals surface area contributed by atoms with Crippen molar-refractivity contribution in [3.8, 4) is 0 Å². The standard InChI is InChI=1S/C10H16O4/c1-3-13-10(12)6-14-9-5-4-8(11)7(9)2/h8-9,11H,2-6H2,1H3. The molecule has 2 atom stereocenters. The zero-order valence-electron chi connectivity index (χ0n) is 8.36. The summed E-state index contributed by atoms with van der Waals surface area (Å²) in [6.45, 7) is 5.75. The van der Waals surface area contributed by atoms with Crippen molar-refractivity contribution in [2.75, 3.05) is 13.2 Å². The molecule has 1 saturated carbocycles. The number of carbonyl (C=O) groups excluding carboxylic acids is 1. The Kier molecular flexibility index (Phi) is 4.10. The van der Waals surface area contributed by atoms with Crippen LogP contribution in [0.5, 0.6) is 0 Å². The molecule has 0 aromatic carbocycles. The number of hydrogen-bond acceptors (Lipinski definition) is 4. The average Bonchev–Trinajstić information content (AvgIpc) is 2.46. The maximum absolute atomic E-state index is 10.9. The lowest BCUT2D eigenvalue weighted by atomic mass is 10.2. The molecule has 0 aromatic heterocycles. The molecule has 14 heavy (non-hydrogen) atoms. The van der Waals surface area contributed by atoms with Gasteiger partial charge in [-0.2, -0.15) is 0 Å². The van der Waals surface area contributed by atoms with E-state index in [1.165, 1.54) is 0 Å². The van der Waals surface area contributed by atoms with Crippen molar-refractivity contribution >= 4 is 5.97 Å². The number of aliphatic hydroxyl groups is 1. The fourth-order valence-electron chi connectivity index (χ4n) is 1.46. The first-order chi connectivity index (χ1) is 6.65. The Morgan fingerprint density at radius 3 is 2.86 bits per heavy atom. The first-order valence-corrected chi connectivity index (χ1v) is 4.79. The summed E-state index contributed by atoms with van der Waals surface area (Å²) in [5.74, 6) is -0.373. The minimum atomic E-state index is -0.484. The number of carbonyl (C=O) groups is 1. The molecule has 1 rings (SSSR count). The predicted molar refractivity (Wildman–Crippen MR) is 50.8 cm³/mol. The summed E-state index contributed by atoms with van der Waals surface area (Å²) in [5, 5.41) is 9.34. The Labute approximate surface area is 83.5 Å². The molecule has 1 N–H and O–H groups in total. The molecule has 4 nitrogen and oxygen atoms in total. The lowest BCUT2D eigenvalue weighted by Gasteiger charge is -2.12. The quantitative estimate of drug-likeness (QED) is 0.534. The van der Waals surface area contributed by atoms with Crippen LogP contribution in [0.2, 0.25) is 0 Å². The van der Waals surface area contributed by atoms with Crippen LogP contribution in [0, 0.1) is 0 Å². The van der Waals surface area contributed by atoms with Crippen LogP contribution in [0.3, 0.4) is 0 Å². The van der Waals surface area contributed by atoms with Gasteiger partial charge in [-0.25, -0.2) is 4.79 Å².